The second kappa shape index (κ2) is 11.7. The predicted molar refractivity (Wildman–Crippen MR) is 125 cm³/mol. The van der Waals surface area contributed by atoms with Crippen LogP contribution in [0.5, 0.6) is 0 Å². The first-order valence-electron chi connectivity index (χ1n) is 8.97. The number of nitrogens with one attached hydrogen (secondary N) is 2. The summed E-state index contributed by atoms with van der Waals surface area (Å²) in [6, 6.07) is 13.9. The van der Waals surface area contributed by atoms with E-state index >= 15 is 0 Å². The predicted octanol–water partition coefficient (Wildman–Crippen LogP) is 3.84. The third-order valence-corrected chi connectivity index (χ3v) is 4.21. The van der Waals surface area contributed by atoms with Crippen LogP contribution in [0.2, 0.25) is 5.15 Å². The molecule has 3 rings (SSSR count). The molecule has 28 heavy (non-hydrogen) atoms. The van der Waals surface area contributed by atoms with Crippen molar-refractivity contribution in [3.05, 3.63) is 77.3 Å². The maximum Gasteiger partial charge on any atom is 0.191 e. The summed E-state index contributed by atoms with van der Waals surface area (Å²) in [6.45, 7) is 4.18. The first kappa shape index (κ1) is 22.2. The lowest BCUT2D eigenvalue weighted by molar-refractivity contribution is 0.794. The summed E-state index contributed by atoms with van der Waals surface area (Å²) < 4.78 is 1.86. The standard InChI is InChI=1S/C20H23ClN6.HI/c1-2-22-20(23-12-10-16-8-9-19(21)24-14-16)25-15-17-6-3-4-7-18(17)27-13-5-11-26-27;/h3-9,11,13-14H,2,10,12,15H2,1H3,(H2,22,23,25);1H. The molecule has 0 atom stereocenters. The molecule has 0 saturated carbocycles. The minimum absolute atomic E-state index is 0. The Labute approximate surface area is 187 Å². The largest absolute Gasteiger partial charge is 0.357 e. The quantitative estimate of drug-likeness (QED) is 0.219. The molecule has 2 heterocycles. The minimum Gasteiger partial charge on any atom is -0.357 e. The van der Waals surface area contributed by atoms with Crippen LogP contribution in [-0.4, -0.2) is 33.8 Å². The van der Waals surface area contributed by atoms with Gasteiger partial charge in [-0.25, -0.2) is 14.7 Å². The van der Waals surface area contributed by atoms with Crippen LogP contribution in [0.3, 0.4) is 0 Å². The van der Waals surface area contributed by atoms with E-state index in [4.69, 9.17) is 16.6 Å². The SMILES string of the molecule is CCNC(=NCc1ccccc1-n1cccn1)NCCc1ccc(Cl)nc1.I. The van der Waals surface area contributed by atoms with Gasteiger partial charge < -0.3 is 10.6 Å². The van der Waals surface area contributed by atoms with Gasteiger partial charge in [0.05, 0.1) is 12.2 Å². The van der Waals surface area contributed by atoms with Crippen molar-refractivity contribution < 1.29 is 0 Å². The van der Waals surface area contributed by atoms with E-state index in [-0.39, 0.29) is 24.0 Å². The van der Waals surface area contributed by atoms with Gasteiger partial charge in [0.1, 0.15) is 5.15 Å². The second-order valence-electron chi connectivity index (χ2n) is 5.94. The van der Waals surface area contributed by atoms with Crippen LogP contribution in [0.1, 0.15) is 18.1 Å². The van der Waals surface area contributed by atoms with Crippen LogP contribution in [0.15, 0.2) is 66.0 Å². The normalized spacial score (nSPS) is 11.0. The second-order valence-corrected chi connectivity index (χ2v) is 6.33. The third-order valence-electron chi connectivity index (χ3n) is 3.99. The molecule has 0 aliphatic heterocycles. The molecule has 2 aromatic heterocycles. The van der Waals surface area contributed by atoms with E-state index in [0.717, 1.165) is 42.3 Å². The van der Waals surface area contributed by atoms with Crippen molar-refractivity contribution in [1.29, 1.82) is 0 Å². The molecule has 0 unspecified atom stereocenters. The molecule has 1 aromatic carbocycles. The molecule has 8 heteroatoms. The molecule has 0 saturated heterocycles. The Morgan fingerprint density at radius 1 is 1.14 bits per heavy atom. The number of nitrogens with zero attached hydrogens (tertiary/aromatic N) is 4. The van der Waals surface area contributed by atoms with Gasteiger partial charge in [-0.1, -0.05) is 35.9 Å². The molecule has 148 valence electrons. The van der Waals surface area contributed by atoms with Gasteiger partial charge in [0.15, 0.2) is 5.96 Å². The zero-order valence-electron chi connectivity index (χ0n) is 15.7. The lowest BCUT2D eigenvalue weighted by atomic mass is 10.2. The van der Waals surface area contributed by atoms with Crippen LogP contribution in [0.25, 0.3) is 5.69 Å². The van der Waals surface area contributed by atoms with Crippen molar-refractivity contribution in [1.82, 2.24) is 25.4 Å². The van der Waals surface area contributed by atoms with E-state index in [9.17, 15) is 0 Å². The van der Waals surface area contributed by atoms with E-state index in [1.54, 1.807) is 12.4 Å². The molecule has 0 bridgehead atoms. The number of hydrogen-bond donors (Lipinski definition) is 2. The summed E-state index contributed by atoms with van der Waals surface area (Å²) in [7, 11) is 0. The highest BCUT2D eigenvalue weighted by molar-refractivity contribution is 14.0. The van der Waals surface area contributed by atoms with Gasteiger partial charge in [-0.05, 0) is 42.7 Å². The topological polar surface area (TPSA) is 67.1 Å². The van der Waals surface area contributed by atoms with E-state index in [2.05, 4.69) is 33.7 Å². The highest BCUT2D eigenvalue weighted by atomic mass is 127. The summed E-state index contributed by atoms with van der Waals surface area (Å²) in [6.07, 6.45) is 6.36. The monoisotopic (exact) mass is 510 g/mol. The zero-order valence-corrected chi connectivity index (χ0v) is 18.8. The van der Waals surface area contributed by atoms with Gasteiger partial charge in [-0.2, -0.15) is 5.10 Å². The fourth-order valence-corrected chi connectivity index (χ4v) is 2.78. The Balaban J connectivity index is 0.00000280. The van der Waals surface area contributed by atoms with Crippen LogP contribution < -0.4 is 10.6 Å². The van der Waals surface area contributed by atoms with Crippen LogP contribution in [0.4, 0.5) is 0 Å². The number of hydrogen-bond acceptors (Lipinski definition) is 3. The van der Waals surface area contributed by atoms with Crippen molar-refractivity contribution in [3.8, 4) is 5.69 Å². The van der Waals surface area contributed by atoms with Crippen LogP contribution in [0, 0.1) is 0 Å². The van der Waals surface area contributed by atoms with Crippen molar-refractivity contribution in [2.45, 2.75) is 19.9 Å². The van der Waals surface area contributed by atoms with Gasteiger partial charge in [-0.3, -0.25) is 0 Å². The van der Waals surface area contributed by atoms with Gasteiger partial charge >= 0.3 is 0 Å². The fourth-order valence-electron chi connectivity index (χ4n) is 2.66. The number of aromatic nitrogens is 3. The smallest absolute Gasteiger partial charge is 0.191 e. The Bertz CT molecular complexity index is 865. The van der Waals surface area contributed by atoms with Gasteiger partial charge in [-0.15, -0.1) is 24.0 Å². The Morgan fingerprint density at radius 2 is 2.00 bits per heavy atom. The summed E-state index contributed by atoms with van der Waals surface area (Å²) in [5, 5.41) is 11.5. The highest BCUT2D eigenvalue weighted by Gasteiger charge is 2.05. The van der Waals surface area contributed by atoms with E-state index in [1.807, 2.05) is 47.3 Å². The van der Waals surface area contributed by atoms with Crippen LogP contribution in [-0.2, 0) is 13.0 Å². The number of pyridine rings is 1. The van der Waals surface area contributed by atoms with E-state index < -0.39 is 0 Å². The molecule has 0 spiro atoms. The maximum absolute atomic E-state index is 5.82. The van der Waals surface area contributed by atoms with Crippen molar-refractivity contribution >= 4 is 41.5 Å². The van der Waals surface area contributed by atoms with Crippen LogP contribution >= 0.6 is 35.6 Å². The minimum atomic E-state index is 0. The first-order valence-corrected chi connectivity index (χ1v) is 9.34. The molecular weight excluding hydrogens is 487 g/mol. The Morgan fingerprint density at radius 3 is 2.71 bits per heavy atom. The fraction of sp³-hybridized carbons (Fsp3) is 0.250. The average Bonchev–Trinajstić information content (AvgIpc) is 3.22. The molecule has 3 aromatic rings. The molecule has 0 radical (unpaired) electrons. The number of halogens is 2. The first-order chi connectivity index (χ1) is 13.3. The number of aliphatic imine (C=N–C) groups is 1. The maximum atomic E-state index is 5.82. The summed E-state index contributed by atoms with van der Waals surface area (Å²) >= 11 is 5.82. The summed E-state index contributed by atoms with van der Waals surface area (Å²) in [5.74, 6) is 0.787. The van der Waals surface area contributed by atoms with Gasteiger partial charge in [0, 0.05) is 31.7 Å². The Hall–Kier alpha value is -2.13. The van der Waals surface area contributed by atoms with Crippen molar-refractivity contribution in [3.63, 3.8) is 0 Å². The van der Waals surface area contributed by atoms with E-state index in [0.29, 0.717) is 11.7 Å². The number of rotatable bonds is 7. The third kappa shape index (κ3) is 6.49. The van der Waals surface area contributed by atoms with Crippen molar-refractivity contribution in [2.24, 2.45) is 4.99 Å². The summed E-state index contributed by atoms with van der Waals surface area (Å²) in [4.78, 5) is 8.82. The lowest BCUT2D eigenvalue weighted by Crippen LogP contribution is -2.38. The Kier molecular flexibility index (Phi) is 9.22. The van der Waals surface area contributed by atoms with Gasteiger partial charge in [0.25, 0.3) is 0 Å². The molecule has 2 N–H and O–H groups in total. The van der Waals surface area contributed by atoms with Gasteiger partial charge in [0.2, 0.25) is 0 Å². The summed E-state index contributed by atoms with van der Waals surface area (Å²) in [5.41, 5.74) is 3.28. The number of para-hydroxylation sites is 1. The van der Waals surface area contributed by atoms with E-state index in [1.165, 1.54) is 0 Å². The molecule has 0 aliphatic carbocycles. The molecule has 0 fully saturated rings. The molecule has 6 nitrogen and oxygen atoms in total. The highest BCUT2D eigenvalue weighted by Crippen LogP contribution is 2.14. The zero-order chi connectivity index (χ0) is 18.9. The molecule has 0 aliphatic rings. The molecule has 0 amide bonds. The lowest BCUT2D eigenvalue weighted by Gasteiger charge is -2.12. The number of benzene rings is 1. The molecular formula is C20H24ClIN6. The average molecular weight is 511 g/mol. The van der Waals surface area contributed by atoms with Crippen molar-refractivity contribution in [2.75, 3.05) is 13.1 Å². The number of guanidine groups is 1.